The summed E-state index contributed by atoms with van der Waals surface area (Å²) in [7, 11) is 0. The Kier molecular flexibility index (Phi) is 7.63. The maximum absolute atomic E-state index is 4.69. The van der Waals surface area contributed by atoms with Gasteiger partial charge in [0.2, 0.25) is 0 Å². The molecule has 0 saturated heterocycles. The normalized spacial score (nSPS) is 9.31. The van der Waals surface area contributed by atoms with E-state index in [0.29, 0.717) is 6.61 Å². The molecule has 0 aliphatic carbocycles. The van der Waals surface area contributed by atoms with E-state index in [1.54, 1.807) is 0 Å². The Labute approximate surface area is 84.1 Å². The van der Waals surface area contributed by atoms with Crippen LogP contribution in [0.1, 0.15) is 12.0 Å². The number of halogens is 1. The molecule has 0 radical (unpaired) electrons. The van der Waals surface area contributed by atoms with Crippen LogP contribution in [0.2, 0.25) is 0 Å². The van der Waals surface area contributed by atoms with E-state index in [1.165, 1.54) is 5.56 Å². The third kappa shape index (κ3) is 5.60. The van der Waals surface area contributed by atoms with E-state index in [0.717, 1.165) is 12.8 Å². The van der Waals surface area contributed by atoms with Crippen molar-refractivity contribution >= 4 is 12.4 Å². The second kappa shape index (κ2) is 8.01. The van der Waals surface area contributed by atoms with Crippen LogP contribution in [-0.2, 0) is 16.3 Å². The van der Waals surface area contributed by atoms with E-state index in [9.17, 15) is 0 Å². The minimum atomic E-state index is 0. The Hall–Kier alpha value is -0.610. The van der Waals surface area contributed by atoms with Crippen molar-refractivity contribution in [2.24, 2.45) is 5.90 Å². The van der Waals surface area contributed by atoms with Crippen LogP contribution in [-0.4, -0.2) is 6.61 Å². The van der Waals surface area contributed by atoms with Gasteiger partial charge in [0.1, 0.15) is 0 Å². The molecule has 0 aliphatic heterocycles. The Bertz CT molecular complexity index is 206. The topological polar surface area (TPSA) is 44.5 Å². The molecule has 0 aromatic heterocycles. The lowest BCUT2D eigenvalue weighted by atomic mass is 10.1. The lowest BCUT2D eigenvalue weighted by Crippen LogP contribution is -2.02. The summed E-state index contributed by atoms with van der Waals surface area (Å²) < 4.78 is 0. The highest BCUT2D eigenvalue weighted by Gasteiger charge is 1.91. The monoisotopic (exact) mass is 203 g/mol. The van der Waals surface area contributed by atoms with Gasteiger partial charge < -0.3 is 0 Å². The standard InChI is InChI=1S/C9H13NO2.ClH/c10-12-11-8-4-7-9-5-2-1-3-6-9;/h1-3,5-6H,4,7-8,10H2;1H. The van der Waals surface area contributed by atoms with Crippen molar-refractivity contribution in [3.63, 3.8) is 0 Å². The van der Waals surface area contributed by atoms with Gasteiger partial charge in [0.25, 0.3) is 0 Å². The fourth-order valence-corrected chi connectivity index (χ4v) is 1.03. The van der Waals surface area contributed by atoms with Gasteiger partial charge in [-0.3, -0.25) is 0 Å². The van der Waals surface area contributed by atoms with Crippen LogP contribution in [0.15, 0.2) is 30.3 Å². The highest BCUT2D eigenvalue weighted by atomic mass is 35.5. The van der Waals surface area contributed by atoms with Crippen LogP contribution in [0.5, 0.6) is 0 Å². The molecule has 0 bridgehead atoms. The van der Waals surface area contributed by atoms with Gasteiger partial charge in [-0.2, -0.15) is 5.90 Å². The minimum absolute atomic E-state index is 0. The zero-order valence-corrected chi connectivity index (χ0v) is 8.13. The minimum Gasteiger partial charge on any atom is -0.218 e. The van der Waals surface area contributed by atoms with Gasteiger partial charge >= 0.3 is 0 Å². The smallest absolute Gasteiger partial charge is 0.0845 e. The number of nitrogens with two attached hydrogens (primary N) is 1. The van der Waals surface area contributed by atoms with Crippen LogP contribution in [0.3, 0.4) is 0 Å². The lowest BCUT2D eigenvalue weighted by Gasteiger charge is -1.99. The van der Waals surface area contributed by atoms with E-state index in [2.05, 4.69) is 27.9 Å². The van der Waals surface area contributed by atoms with Crippen molar-refractivity contribution in [1.29, 1.82) is 0 Å². The van der Waals surface area contributed by atoms with E-state index in [-0.39, 0.29) is 12.4 Å². The predicted molar refractivity (Wildman–Crippen MR) is 53.2 cm³/mol. The zero-order chi connectivity index (χ0) is 8.65. The number of hydrogen-bond acceptors (Lipinski definition) is 3. The third-order valence-corrected chi connectivity index (χ3v) is 1.60. The van der Waals surface area contributed by atoms with Gasteiger partial charge in [-0.15, -0.1) is 17.4 Å². The second-order valence-corrected chi connectivity index (χ2v) is 2.51. The Balaban J connectivity index is 0.00000144. The van der Waals surface area contributed by atoms with Crippen molar-refractivity contribution in [2.45, 2.75) is 12.8 Å². The molecule has 0 fully saturated rings. The fraction of sp³-hybridized carbons (Fsp3) is 0.333. The summed E-state index contributed by atoms with van der Waals surface area (Å²) in [6.45, 7) is 0.533. The van der Waals surface area contributed by atoms with Crippen molar-refractivity contribution in [2.75, 3.05) is 6.61 Å². The van der Waals surface area contributed by atoms with Gasteiger partial charge in [-0.25, -0.2) is 4.89 Å². The molecular formula is C9H14ClNO2. The molecule has 2 N–H and O–H groups in total. The van der Waals surface area contributed by atoms with Crippen molar-refractivity contribution in [3.05, 3.63) is 35.9 Å². The molecular weight excluding hydrogens is 190 g/mol. The van der Waals surface area contributed by atoms with E-state index in [4.69, 9.17) is 0 Å². The molecule has 13 heavy (non-hydrogen) atoms. The molecule has 0 aliphatic rings. The first-order valence-corrected chi connectivity index (χ1v) is 3.96. The van der Waals surface area contributed by atoms with Gasteiger partial charge in [-0.05, 0) is 18.4 Å². The molecule has 74 valence electrons. The Morgan fingerprint density at radius 3 is 2.46 bits per heavy atom. The number of hydrogen-bond donors (Lipinski definition) is 1. The fourth-order valence-electron chi connectivity index (χ4n) is 1.03. The second-order valence-electron chi connectivity index (χ2n) is 2.51. The molecule has 4 heteroatoms. The molecule has 1 aromatic carbocycles. The van der Waals surface area contributed by atoms with E-state index < -0.39 is 0 Å². The average molecular weight is 204 g/mol. The van der Waals surface area contributed by atoms with Gasteiger partial charge in [-0.1, -0.05) is 30.3 Å². The summed E-state index contributed by atoms with van der Waals surface area (Å²) in [5.41, 5.74) is 1.30. The Morgan fingerprint density at radius 2 is 1.85 bits per heavy atom. The molecule has 0 spiro atoms. The van der Waals surface area contributed by atoms with E-state index in [1.807, 2.05) is 18.2 Å². The largest absolute Gasteiger partial charge is 0.218 e. The van der Waals surface area contributed by atoms with Crippen LogP contribution < -0.4 is 5.90 Å². The molecule has 3 nitrogen and oxygen atoms in total. The molecule has 0 saturated carbocycles. The molecule has 0 atom stereocenters. The quantitative estimate of drug-likeness (QED) is 0.452. The SMILES string of the molecule is Cl.NOOCCCc1ccccc1. The Morgan fingerprint density at radius 1 is 1.15 bits per heavy atom. The summed E-state index contributed by atoms with van der Waals surface area (Å²) in [6.07, 6.45) is 1.91. The summed E-state index contributed by atoms with van der Waals surface area (Å²) >= 11 is 0. The summed E-state index contributed by atoms with van der Waals surface area (Å²) in [4.78, 5) is 8.51. The average Bonchev–Trinajstić information content (AvgIpc) is 2.14. The van der Waals surface area contributed by atoms with Gasteiger partial charge in [0, 0.05) is 0 Å². The van der Waals surface area contributed by atoms with Crippen molar-refractivity contribution in [1.82, 2.24) is 0 Å². The molecule has 1 aromatic rings. The number of benzene rings is 1. The van der Waals surface area contributed by atoms with Gasteiger partial charge in [0.15, 0.2) is 0 Å². The third-order valence-electron chi connectivity index (χ3n) is 1.60. The van der Waals surface area contributed by atoms with Gasteiger partial charge in [0.05, 0.1) is 6.61 Å². The first-order chi connectivity index (χ1) is 5.93. The summed E-state index contributed by atoms with van der Waals surface area (Å²) in [5.74, 6) is 4.69. The first kappa shape index (κ1) is 12.4. The lowest BCUT2D eigenvalue weighted by molar-refractivity contribution is -0.299. The maximum Gasteiger partial charge on any atom is 0.0845 e. The van der Waals surface area contributed by atoms with Crippen molar-refractivity contribution in [3.8, 4) is 0 Å². The summed E-state index contributed by atoms with van der Waals surface area (Å²) in [5, 5.41) is 0. The number of rotatable bonds is 5. The number of aryl methyl sites for hydroxylation is 1. The maximum atomic E-state index is 4.69. The van der Waals surface area contributed by atoms with Crippen molar-refractivity contribution < 1.29 is 9.88 Å². The van der Waals surface area contributed by atoms with Crippen LogP contribution in [0, 0.1) is 0 Å². The highest BCUT2D eigenvalue weighted by molar-refractivity contribution is 5.85. The molecule has 0 amide bonds. The first-order valence-electron chi connectivity index (χ1n) is 3.96. The summed E-state index contributed by atoms with van der Waals surface area (Å²) in [6, 6.07) is 10.2. The van der Waals surface area contributed by atoms with Crippen LogP contribution in [0.25, 0.3) is 0 Å². The molecule has 0 heterocycles. The van der Waals surface area contributed by atoms with Crippen LogP contribution >= 0.6 is 12.4 Å². The zero-order valence-electron chi connectivity index (χ0n) is 7.31. The highest BCUT2D eigenvalue weighted by Crippen LogP contribution is 2.01. The van der Waals surface area contributed by atoms with E-state index >= 15 is 0 Å². The van der Waals surface area contributed by atoms with Crippen LogP contribution in [0.4, 0.5) is 0 Å². The molecule has 0 unspecified atom stereocenters. The predicted octanol–water partition coefficient (Wildman–Crippen LogP) is 1.86. The molecule has 1 rings (SSSR count).